The van der Waals surface area contributed by atoms with E-state index in [1.54, 1.807) is 0 Å². The van der Waals surface area contributed by atoms with Crippen LogP contribution in [-0.4, -0.2) is 26.0 Å². The summed E-state index contributed by atoms with van der Waals surface area (Å²) in [4.78, 5) is 0. The van der Waals surface area contributed by atoms with Gasteiger partial charge in [-0.25, -0.2) is 8.42 Å². The highest BCUT2D eigenvalue weighted by molar-refractivity contribution is 7.92. The fourth-order valence-corrected chi connectivity index (χ4v) is 5.37. The summed E-state index contributed by atoms with van der Waals surface area (Å²) in [6.45, 7) is 8.15. The minimum Gasteiger partial charge on any atom is -0.313 e. The highest BCUT2D eigenvalue weighted by Gasteiger charge is 2.22. The largest absolute Gasteiger partial charge is 0.313 e. The fourth-order valence-electron chi connectivity index (χ4n) is 3.24. The van der Waals surface area contributed by atoms with E-state index in [-0.39, 0.29) is 5.25 Å². The second kappa shape index (κ2) is 12.5. The Morgan fingerprint density at radius 2 is 1.64 bits per heavy atom. The second-order valence-electron chi connectivity index (χ2n) is 6.98. The zero-order valence-corrected chi connectivity index (χ0v) is 17.2. The Labute approximate surface area is 155 Å². The molecule has 3 nitrogen and oxygen atoms in total. The van der Waals surface area contributed by atoms with E-state index in [4.69, 9.17) is 0 Å². The molecule has 0 radical (unpaired) electrons. The number of nitrogens with one attached hydrogen (secondary N) is 1. The van der Waals surface area contributed by atoms with Gasteiger partial charge in [0, 0.05) is 6.54 Å². The Morgan fingerprint density at radius 3 is 2.28 bits per heavy atom. The van der Waals surface area contributed by atoms with Crippen LogP contribution in [0.2, 0.25) is 0 Å². The molecule has 1 rings (SSSR count). The van der Waals surface area contributed by atoms with E-state index in [0.717, 1.165) is 64.5 Å². The third-order valence-electron chi connectivity index (χ3n) is 4.74. The molecule has 0 unspecified atom stereocenters. The third kappa shape index (κ3) is 8.87. The van der Waals surface area contributed by atoms with Crippen molar-refractivity contribution in [1.82, 2.24) is 5.32 Å². The molecular weight excluding hydrogens is 330 g/mol. The molecule has 0 spiro atoms. The summed E-state index contributed by atoms with van der Waals surface area (Å²) in [5.74, 6) is 0.357. The number of sulfone groups is 1. The van der Waals surface area contributed by atoms with Crippen molar-refractivity contribution >= 4 is 9.84 Å². The Balaban J connectivity index is 2.20. The average Bonchev–Trinajstić information content (AvgIpc) is 2.61. The van der Waals surface area contributed by atoms with E-state index < -0.39 is 9.84 Å². The van der Waals surface area contributed by atoms with Gasteiger partial charge in [0.05, 0.1) is 11.0 Å². The minimum absolute atomic E-state index is 0.119. The van der Waals surface area contributed by atoms with Crippen LogP contribution in [-0.2, 0) is 22.8 Å². The molecule has 0 atom stereocenters. The van der Waals surface area contributed by atoms with Gasteiger partial charge in [-0.1, -0.05) is 64.3 Å². The first kappa shape index (κ1) is 22.2. The SMILES string of the molecule is CCCC(CCC)S(=O)(=O)CCCCCNCc1cccc(CC)c1. The van der Waals surface area contributed by atoms with Gasteiger partial charge in [0.2, 0.25) is 0 Å². The molecule has 0 aliphatic carbocycles. The van der Waals surface area contributed by atoms with Crippen LogP contribution < -0.4 is 5.32 Å². The van der Waals surface area contributed by atoms with Gasteiger partial charge in [-0.05, 0) is 49.8 Å². The van der Waals surface area contributed by atoms with Crippen LogP contribution in [0.3, 0.4) is 0 Å². The molecule has 1 aromatic carbocycles. The van der Waals surface area contributed by atoms with Crippen molar-refractivity contribution in [3.05, 3.63) is 35.4 Å². The van der Waals surface area contributed by atoms with Gasteiger partial charge in [-0.3, -0.25) is 0 Å². The van der Waals surface area contributed by atoms with Crippen molar-refractivity contribution in [3.8, 4) is 0 Å². The van der Waals surface area contributed by atoms with E-state index in [9.17, 15) is 8.42 Å². The van der Waals surface area contributed by atoms with Crippen molar-refractivity contribution in [2.45, 2.75) is 83.9 Å². The average molecular weight is 368 g/mol. The van der Waals surface area contributed by atoms with Crippen molar-refractivity contribution < 1.29 is 8.42 Å². The molecule has 144 valence electrons. The summed E-state index contributed by atoms with van der Waals surface area (Å²) in [6.07, 6.45) is 7.41. The van der Waals surface area contributed by atoms with Crippen LogP contribution in [0.5, 0.6) is 0 Å². The van der Waals surface area contributed by atoms with Gasteiger partial charge in [-0.15, -0.1) is 0 Å². The lowest BCUT2D eigenvalue weighted by atomic mass is 10.1. The molecule has 0 fully saturated rings. The first-order valence-corrected chi connectivity index (χ1v) is 11.7. The van der Waals surface area contributed by atoms with E-state index in [0.29, 0.717) is 5.75 Å². The molecule has 1 N–H and O–H groups in total. The standard InChI is InChI=1S/C21H37NO2S/c1-4-11-21(12-5-2)25(23,24)16-9-7-8-15-22-18-20-14-10-13-19(6-3)17-20/h10,13-14,17,21-22H,4-9,11-12,15-16,18H2,1-3H3. The Morgan fingerprint density at radius 1 is 0.960 bits per heavy atom. The van der Waals surface area contributed by atoms with Crippen LogP contribution in [0.1, 0.15) is 76.8 Å². The zero-order valence-electron chi connectivity index (χ0n) is 16.4. The molecule has 0 saturated heterocycles. The van der Waals surface area contributed by atoms with Crippen molar-refractivity contribution in [3.63, 3.8) is 0 Å². The van der Waals surface area contributed by atoms with Crippen molar-refractivity contribution in [1.29, 1.82) is 0 Å². The maximum Gasteiger partial charge on any atom is 0.153 e. The summed E-state index contributed by atoms with van der Waals surface area (Å²) in [5.41, 5.74) is 2.70. The number of rotatable bonds is 14. The molecule has 1 aromatic rings. The molecule has 0 bridgehead atoms. The highest BCUT2D eigenvalue weighted by atomic mass is 32.2. The molecule has 0 aliphatic heterocycles. The Kier molecular flexibility index (Phi) is 11.1. The Bertz CT molecular complexity index is 563. The lowest BCUT2D eigenvalue weighted by Crippen LogP contribution is -2.24. The lowest BCUT2D eigenvalue weighted by molar-refractivity contribution is 0.548. The summed E-state index contributed by atoms with van der Waals surface area (Å²) >= 11 is 0. The monoisotopic (exact) mass is 367 g/mol. The second-order valence-corrected chi connectivity index (χ2v) is 9.38. The molecule has 25 heavy (non-hydrogen) atoms. The summed E-state index contributed by atoms with van der Waals surface area (Å²) in [6, 6.07) is 8.68. The first-order chi connectivity index (χ1) is 12.0. The molecule has 0 amide bonds. The maximum atomic E-state index is 12.4. The number of aryl methyl sites for hydroxylation is 1. The first-order valence-electron chi connectivity index (χ1n) is 10.0. The van der Waals surface area contributed by atoms with Crippen LogP contribution in [0.15, 0.2) is 24.3 Å². The maximum absolute atomic E-state index is 12.4. The number of benzene rings is 1. The summed E-state index contributed by atoms with van der Waals surface area (Å²) in [7, 11) is -2.91. The zero-order chi connectivity index (χ0) is 18.5. The highest BCUT2D eigenvalue weighted by Crippen LogP contribution is 2.17. The van der Waals surface area contributed by atoms with Crippen LogP contribution in [0.4, 0.5) is 0 Å². The van der Waals surface area contributed by atoms with Gasteiger partial charge in [0.1, 0.15) is 0 Å². The fraction of sp³-hybridized carbons (Fsp3) is 0.714. The van der Waals surface area contributed by atoms with Gasteiger partial charge < -0.3 is 5.32 Å². The summed E-state index contributed by atoms with van der Waals surface area (Å²) < 4.78 is 24.9. The van der Waals surface area contributed by atoms with E-state index in [2.05, 4.69) is 50.4 Å². The van der Waals surface area contributed by atoms with E-state index in [1.807, 2.05) is 0 Å². The van der Waals surface area contributed by atoms with Crippen molar-refractivity contribution in [2.24, 2.45) is 0 Å². The quantitative estimate of drug-likeness (QED) is 0.476. The van der Waals surface area contributed by atoms with Gasteiger partial charge in [0.15, 0.2) is 9.84 Å². The lowest BCUT2D eigenvalue weighted by Gasteiger charge is -2.16. The number of hydrogen-bond donors (Lipinski definition) is 1. The predicted molar refractivity (Wildman–Crippen MR) is 109 cm³/mol. The van der Waals surface area contributed by atoms with Crippen LogP contribution in [0.25, 0.3) is 0 Å². The topological polar surface area (TPSA) is 46.2 Å². The van der Waals surface area contributed by atoms with Crippen LogP contribution in [0, 0.1) is 0 Å². The number of unbranched alkanes of at least 4 members (excludes halogenated alkanes) is 2. The predicted octanol–water partition coefficient (Wildman–Crippen LogP) is 4.89. The molecule has 0 aliphatic rings. The normalized spacial score (nSPS) is 12.0. The Hall–Kier alpha value is -0.870. The van der Waals surface area contributed by atoms with E-state index >= 15 is 0 Å². The molecule has 0 heterocycles. The van der Waals surface area contributed by atoms with E-state index in [1.165, 1.54) is 11.1 Å². The van der Waals surface area contributed by atoms with Crippen LogP contribution >= 0.6 is 0 Å². The van der Waals surface area contributed by atoms with Gasteiger partial charge in [0.25, 0.3) is 0 Å². The molecule has 0 saturated carbocycles. The summed E-state index contributed by atoms with van der Waals surface area (Å²) in [5, 5.41) is 3.35. The smallest absolute Gasteiger partial charge is 0.153 e. The molecule has 4 heteroatoms. The molecule has 0 aromatic heterocycles. The third-order valence-corrected chi connectivity index (χ3v) is 7.09. The molecular formula is C21H37NO2S. The van der Waals surface area contributed by atoms with Gasteiger partial charge >= 0.3 is 0 Å². The van der Waals surface area contributed by atoms with Crippen molar-refractivity contribution in [2.75, 3.05) is 12.3 Å². The van der Waals surface area contributed by atoms with Gasteiger partial charge in [-0.2, -0.15) is 0 Å². The minimum atomic E-state index is -2.91. The number of hydrogen-bond acceptors (Lipinski definition) is 3.